The maximum atomic E-state index is 10.4. The Labute approximate surface area is 103 Å². The summed E-state index contributed by atoms with van der Waals surface area (Å²) in [6.07, 6.45) is 1.86. The molecule has 1 aliphatic rings. The summed E-state index contributed by atoms with van der Waals surface area (Å²) in [5, 5.41) is 10.4. The number of ether oxygens (including phenoxy) is 1. The fraction of sp³-hybridized carbons (Fsp3) is 0.571. The van der Waals surface area contributed by atoms with Crippen molar-refractivity contribution < 1.29 is 9.84 Å². The highest BCUT2D eigenvalue weighted by Crippen LogP contribution is 2.50. The monoisotopic (exact) mass is 235 g/mol. The third-order valence-electron chi connectivity index (χ3n) is 3.45. The molecule has 1 aliphatic carbocycles. The molecule has 0 aliphatic heterocycles. The zero-order chi connectivity index (χ0) is 12.8. The minimum absolute atomic E-state index is 0.126. The summed E-state index contributed by atoms with van der Waals surface area (Å²) in [5.41, 5.74) is 7.43. The van der Waals surface area contributed by atoms with E-state index in [1.165, 1.54) is 0 Å². The van der Waals surface area contributed by atoms with Crippen molar-refractivity contribution in [2.45, 2.75) is 44.6 Å². The van der Waals surface area contributed by atoms with Gasteiger partial charge in [0.05, 0.1) is 7.11 Å². The van der Waals surface area contributed by atoms with Crippen LogP contribution >= 0.6 is 0 Å². The highest BCUT2D eigenvalue weighted by Gasteiger charge is 2.43. The molecule has 1 fully saturated rings. The van der Waals surface area contributed by atoms with Crippen LogP contribution in [0.1, 0.15) is 44.7 Å². The van der Waals surface area contributed by atoms with Crippen molar-refractivity contribution in [3.05, 3.63) is 23.3 Å². The molecule has 1 aromatic carbocycles. The van der Waals surface area contributed by atoms with Crippen LogP contribution in [0.4, 0.5) is 0 Å². The van der Waals surface area contributed by atoms with E-state index in [2.05, 4.69) is 20.8 Å². The minimum Gasteiger partial charge on any atom is -0.507 e. The van der Waals surface area contributed by atoms with Gasteiger partial charge in [-0.25, -0.2) is 0 Å². The maximum absolute atomic E-state index is 10.4. The summed E-state index contributed by atoms with van der Waals surface area (Å²) in [5.74, 6) is 1.10. The molecular formula is C14H21NO2. The van der Waals surface area contributed by atoms with Gasteiger partial charge in [-0.05, 0) is 30.4 Å². The number of rotatable bonds is 2. The third-order valence-corrected chi connectivity index (χ3v) is 3.45. The van der Waals surface area contributed by atoms with Gasteiger partial charge in [0.2, 0.25) is 0 Å². The molecule has 1 saturated carbocycles. The molecule has 0 atom stereocenters. The number of methoxy groups -OCH3 is 1. The number of phenols is 1. The molecule has 0 amide bonds. The van der Waals surface area contributed by atoms with E-state index in [0.29, 0.717) is 5.75 Å². The van der Waals surface area contributed by atoms with Gasteiger partial charge in [0.1, 0.15) is 11.5 Å². The Morgan fingerprint density at radius 3 is 2.29 bits per heavy atom. The fourth-order valence-corrected chi connectivity index (χ4v) is 2.08. The van der Waals surface area contributed by atoms with E-state index in [0.717, 1.165) is 29.7 Å². The molecule has 0 unspecified atom stereocenters. The molecule has 0 spiro atoms. The summed E-state index contributed by atoms with van der Waals surface area (Å²) in [7, 11) is 1.64. The molecule has 3 heteroatoms. The van der Waals surface area contributed by atoms with Crippen molar-refractivity contribution in [3.63, 3.8) is 0 Å². The van der Waals surface area contributed by atoms with E-state index in [-0.39, 0.29) is 11.0 Å². The van der Waals surface area contributed by atoms with Crippen molar-refractivity contribution >= 4 is 0 Å². The Morgan fingerprint density at radius 1 is 1.29 bits per heavy atom. The Balaban J connectivity index is 2.60. The van der Waals surface area contributed by atoms with E-state index in [1.807, 2.05) is 12.1 Å². The number of aromatic hydroxyl groups is 1. The van der Waals surface area contributed by atoms with Crippen molar-refractivity contribution in [3.8, 4) is 11.5 Å². The average molecular weight is 235 g/mol. The van der Waals surface area contributed by atoms with E-state index in [1.54, 1.807) is 7.11 Å². The molecule has 0 radical (unpaired) electrons. The largest absolute Gasteiger partial charge is 0.507 e. The Morgan fingerprint density at radius 2 is 1.88 bits per heavy atom. The Kier molecular flexibility index (Phi) is 2.62. The van der Waals surface area contributed by atoms with Gasteiger partial charge in [-0.15, -0.1) is 0 Å². The van der Waals surface area contributed by atoms with Crippen molar-refractivity contribution in [2.75, 3.05) is 7.11 Å². The van der Waals surface area contributed by atoms with Crippen molar-refractivity contribution in [2.24, 2.45) is 5.73 Å². The average Bonchev–Trinajstić information content (AvgIpc) is 2.96. The summed E-state index contributed by atoms with van der Waals surface area (Å²) >= 11 is 0. The third kappa shape index (κ3) is 2.12. The van der Waals surface area contributed by atoms with E-state index in [9.17, 15) is 5.11 Å². The summed E-state index contributed by atoms with van der Waals surface area (Å²) in [6, 6.07) is 3.75. The highest BCUT2D eigenvalue weighted by atomic mass is 16.5. The lowest BCUT2D eigenvalue weighted by Crippen LogP contribution is -2.21. The van der Waals surface area contributed by atoms with Gasteiger partial charge in [-0.1, -0.05) is 20.8 Å². The number of nitrogens with two attached hydrogens (primary N) is 1. The topological polar surface area (TPSA) is 55.5 Å². The van der Waals surface area contributed by atoms with Crippen LogP contribution in [0.5, 0.6) is 11.5 Å². The quantitative estimate of drug-likeness (QED) is 0.828. The normalized spacial score (nSPS) is 17.9. The summed E-state index contributed by atoms with van der Waals surface area (Å²) in [4.78, 5) is 0. The second-order valence-corrected chi connectivity index (χ2v) is 5.98. The van der Waals surface area contributed by atoms with Crippen LogP contribution in [0.25, 0.3) is 0 Å². The zero-order valence-corrected chi connectivity index (χ0v) is 11.0. The lowest BCUT2D eigenvalue weighted by Gasteiger charge is -2.24. The van der Waals surface area contributed by atoms with Crippen LogP contribution < -0.4 is 10.5 Å². The SMILES string of the molecule is COc1cc(C(C)(C)C)c(O)c(C2(N)CC2)c1. The molecule has 2 rings (SSSR count). The molecule has 1 aromatic rings. The highest BCUT2D eigenvalue weighted by molar-refractivity contribution is 5.53. The van der Waals surface area contributed by atoms with Gasteiger partial charge >= 0.3 is 0 Å². The van der Waals surface area contributed by atoms with Crippen molar-refractivity contribution in [1.29, 1.82) is 0 Å². The van der Waals surface area contributed by atoms with Gasteiger partial charge in [-0.2, -0.15) is 0 Å². The second-order valence-electron chi connectivity index (χ2n) is 5.98. The van der Waals surface area contributed by atoms with E-state index in [4.69, 9.17) is 10.5 Å². The predicted octanol–water partition coefficient (Wildman–Crippen LogP) is 2.65. The Hall–Kier alpha value is -1.22. The van der Waals surface area contributed by atoms with Gasteiger partial charge in [0, 0.05) is 16.7 Å². The lowest BCUT2D eigenvalue weighted by atomic mass is 9.83. The number of hydrogen-bond donors (Lipinski definition) is 2. The molecule has 0 aromatic heterocycles. The molecular weight excluding hydrogens is 214 g/mol. The van der Waals surface area contributed by atoms with Gasteiger partial charge in [-0.3, -0.25) is 0 Å². The maximum Gasteiger partial charge on any atom is 0.124 e. The van der Waals surface area contributed by atoms with Crippen LogP contribution in [0.2, 0.25) is 0 Å². The predicted molar refractivity (Wildman–Crippen MR) is 68.5 cm³/mol. The number of benzene rings is 1. The first-order valence-corrected chi connectivity index (χ1v) is 5.99. The molecule has 0 heterocycles. The first kappa shape index (κ1) is 12.2. The standard InChI is InChI=1S/C14H21NO2/c1-13(2,3)10-7-9(17-4)8-11(12(10)16)14(15)5-6-14/h7-8,16H,5-6,15H2,1-4H3. The molecule has 0 bridgehead atoms. The first-order chi connectivity index (χ1) is 7.78. The molecule has 3 N–H and O–H groups in total. The van der Waals surface area contributed by atoms with Gasteiger partial charge < -0.3 is 15.6 Å². The first-order valence-electron chi connectivity index (χ1n) is 5.99. The van der Waals surface area contributed by atoms with Gasteiger partial charge in [0.15, 0.2) is 0 Å². The molecule has 17 heavy (non-hydrogen) atoms. The zero-order valence-electron chi connectivity index (χ0n) is 11.0. The Bertz CT molecular complexity index is 416. The smallest absolute Gasteiger partial charge is 0.124 e. The van der Waals surface area contributed by atoms with Crippen LogP contribution in [0.3, 0.4) is 0 Å². The van der Waals surface area contributed by atoms with Crippen molar-refractivity contribution in [1.82, 2.24) is 0 Å². The molecule has 3 nitrogen and oxygen atoms in total. The van der Waals surface area contributed by atoms with Crippen LogP contribution in [0.15, 0.2) is 12.1 Å². The fourth-order valence-electron chi connectivity index (χ4n) is 2.08. The molecule has 0 saturated heterocycles. The number of phenolic OH excluding ortho intramolecular Hbond substituents is 1. The van der Waals surface area contributed by atoms with E-state index < -0.39 is 0 Å². The van der Waals surface area contributed by atoms with E-state index >= 15 is 0 Å². The summed E-state index contributed by atoms with van der Waals surface area (Å²) < 4.78 is 5.30. The van der Waals surface area contributed by atoms with Crippen LogP contribution in [0, 0.1) is 0 Å². The van der Waals surface area contributed by atoms with Crippen LogP contribution in [-0.2, 0) is 11.0 Å². The minimum atomic E-state index is -0.349. The van der Waals surface area contributed by atoms with Crippen LogP contribution in [-0.4, -0.2) is 12.2 Å². The van der Waals surface area contributed by atoms with Gasteiger partial charge in [0.25, 0.3) is 0 Å². The molecule has 94 valence electrons. The lowest BCUT2D eigenvalue weighted by molar-refractivity contribution is 0.400. The second kappa shape index (κ2) is 3.64. The summed E-state index contributed by atoms with van der Waals surface area (Å²) in [6.45, 7) is 6.21. The number of hydrogen-bond acceptors (Lipinski definition) is 3.